The summed E-state index contributed by atoms with van der Waals surface area (Å²) in [5.41, 5.74) is 0.0414. The van der Waals surface area contributed by atoms with Crippen molar-refractivity contribution in [3.63, 3.8) is 0 Å². The van der Waals surface area contributed by atoms with E-state index in [0.717, 1.165) is 49.8 Å². The lowest BCUT2D eigenvalue weighted by Crippen LogP contribution is -2.78. The largest absolute Gasteiger partial charge is 0.493 e. The fourth-order valence-corrected chi connectivity index (χ4v) is 7.90. The van der Waals surface area contributed by atoms with E-state index >= 15 is 0 Å². The Morgan fingerprint density at radius 3 is 2.04 bits per heavy atom. The van der Waals surface area contributed by atoms with Gasteiger partial charge in [-0.1, -0.05) is 123 Å². The van der Waals surface area contributed by atoms with Gasteiger partial charge < -0.3 is 30.7 Å². The molecule has 300 valence electrons. The number of nitrogens with zero attached hydrogens (tertiary/aromatic N) is 1. The van der Waals surface area contributed by atoms with Crippen LogP contribution in [0.4, 0.5) is 0 Å². The first-order valence-corrected chi connectivity index (χ1v) is 21.8. The molecule has 2 bridgehead atoms. The second kappa shape index (κ2) is 22.6. The summed E-state index contributed by atoms with van der Waals surface area (Å²) in [6.45, 7) is 16.2. The average Bonchev–Trinajstić information content (AvgIpc) is 3.11. The normalized spacial score (nSPS) is 20.5. The van der Waals surface area contributed by atoms with E-state index in [1.54, 1.807) is 0 Å². The van der Waals surface area contributed by atoms with Crippen LogP contribution in [0.3, 0.4) is 0 Å². The zero-order chi connectivity index (χ0) is 38.7. The van der Waals surface area contributed by atoms with E-state index in [1.807, 2.05) is 30.5 Å². The van der Waals surface area contributed by atoms with Gasteiger partial charge in [-0.3, -0.25) is 9.59 Å². The van der Waals surface area contributed by atoms with Gasteiger partial charge in [-0.05, 0) is 69.2 Å². The molecule has 2 amide bonds. The van der Waals surface area contributed by atoms with E-state index in [9.17, 15) is 9.59 Å². The van der Waals surface area contributed by atoms with Crippen LogP contribution < -0.4 is 21.2 Å². The molecule has 4 rings (SSSR count). The molecule has 0 aromatic heterocycles. The number of carbonyl (C=O) groups is 2. The fraction of sp³-hybridized carbons (Fsp3) is 0.744. The Bertz CT molecular complexity index is 1280. The van der Waals surface area contributed by atoms with Crippen molar-refractivity contribution >= 4 is 29.5 Å². The van der Waals surface area contributed by atoms with Gasteiger partial charge in [0.15, 0.2) is 5.09 Å². The molecule has 1 aromatic rings. The van der Waals surface area contributed by atoms with Crippen LogP contribution in [0.25, 0.3) is 0 Å². The van der Waals surface area contributed by atoms with Crippen molar-refractivity contribution in [2.24, 2.45) is 27.7 Å². The lowest BCUT2D eigenvalue weighted by molar-refractivity contribution is -0.184. The Hall–Kier alpha value is -2.72. The van der Waals surface area contributed by atoms with E-state index in [0.29, 0.717) is 37.2 Å². The summed E-state index contributed by atoms with van der Waals surface area (Å²) in [7, 11) is 0. The number of unbranched alkanes of at least 4 members (excludes halogenated alkanes) is 12. The molecule has 9 nitrogen and oxygen atoms in total. The minimum Gasteiger partial charge on any atom is -0.493 e. The first-order chi connectivity index (χ1) is 25.4. The number of carbonyl (C=O) groups excluding carboxylic acids is 2. The number of benzene rings is 1. The highest BCUT2D eigenvalue weighted by Crippen LogP contribution is 2.67. The quantitative estimate of drug-likeness (QED) is 0.0186. The standard InChI is InChI=1S/C43H72N4O5S/c1-8-10-11-12-13-14-15-16-17-18-19-20-21-22-38(48)46-43-28-42(29-43,30-43)40(49)45-31-41(5,6)32-51-37(9-2)33(3)27-50-36-25-23-35(24-26-36)39(47-44)52-34(4)53-7/h23-26,33,37H,4,8-22,27-32,44H2,1-3,5-7H3,(H,45,49)(H,46,48)/b47-39-. The number of rotatable bonds is 29. The summed E-state index contributed by atoms with van der Waals surface area (Å²) in [5.74, 6) is 6.98. The molecule has 3 fully saturated rings. The summed E-state index contributed by atoms with van der Waals surface area (Å²) in [6, 6.07) is 7.45. The van der Waals surface area contributed by atoms with Gasteiger partial charge in [-0.25, -0.2) is 0 Å². The molecule has 10 heteroatoms. The molecule has 2 unspecified atom stereocenters. The average molecular weight is 757 g/mol. The fourth-order valence-electron chi connectivity index (χ4n) is 7.74. The minimum absolute atomic E-state index is 0.0204. The topological polar surface area (TPSA) is 124 Å². The number of ether oxygens (including phenoxy) is 3. The number of thioether (sulfide) groups is 1. The molecule has 53 heavy (non-hydrogen) atoms. The molecule has 1 aromatic carbocycles. The van der Waals surface area contributed by atoms with Gasteiger partial charge in [-0.2, -0.15) is 0 Å². The summed E-state index contributed by atoms with van der Waals surface area (Å²) in [5, 5.41) is 10.7. The van der Waals surface area contributed by atoms with Crippen LogP contribution in [0.15, 0.2) is 41.0 Å². The first kappa shape index (κ1) is 44.7. The SMILES string of the molecule is C=C(O/C(=N\N)c1ccc(OCC(C)C(CC)OCC(C)(C)CNC(=O)C23CC(NC(=O)CCCCCCCCCCCCCCC)(C2)C3)cc1)SC. The van der Waals surface area contributed by atoms with Crippen LogP contribution >= 0.6 is 11.8 Å². The van der Waals surface area contributed by atoms with Crippen molar-refractivity contribution in [1.82, 2.24) is 10.6 Å². The van der Waals surface area contributed by atoms with Crippen molar-refractivity contribution < 1.29 is 23.8 Å². The molecule has 0 radical (unpaired) electrons. The van der Waals surface area contributed by atoms with E-state index < -0.39 is 0 Å². The third-order valence-corrected chi connectivity index (χ3v) is 11.6. The van der Waals surface area contributed by atoms with Gasteiger partial charge in [0.05, 0.1) is 24.7 Å². The maximum atomic E-state index is 13.2. The number of nitrogens with two attached hydrogens (primary N) is 1. The molecule has 2 atom stereocenters. The number of hydrazone groups is 1. The zero-order valence-corrected chi connectivity index (χ0v) is 34.8. The van der Waals surface area contributed by atoms with E-state index in [1.165, 1.54) is 82.4 Å². The molecule has 0 saturated heterocycles. The zero-order valence-electron chi connectivity index (χ0n) is 34.0. The summed E-state index contributed by atoms with van der Waals surface area (Å²) in [6.07, 6.45) is 22.6. The number of amides is 2. The van der Waals surface area contributed by atoms with Gasteiger partial charge in [0.1, 0.15) is 5.75 Å². The van der Waals surface area contributed by atoms with Gasteiger partial charge >= 0.3 is 0 Å². The van der Waals surface area contributed by atoms with Gasteiger partial charge in [0.25, 0.3) is 0 Å². The highest BCUT2D eigenvalue weighted by molar-refractivity contribution is 8.02. The second-order valence-corrected chi connectivity index (χ2v) is 17.5. The van der Waals surface area contributed by atoms with Crippen LogP contribution in [0, 0.1) is 16.7 Å². The monoisotopic (exact) mass is 757 g/mol. The Morgan fingerprint density at radius 1 is 0.943 bits per heavy atom. The third kappa shape index (κ3) is 14.8. The maximum absolute atomic E-state index is 13.2. The third-order valence-electron chi connectivity index (χ3n) is 11.0. The van der Waals surface area contributed by atoms with Gasteiger partial charge in [0, 0.05) is 35.4 Å². The number of hydrogen-bond donors (Lipinski definition) is 3. The highest BCUT2D eigenvalue weighted by Gasteiger charge is 2.72. The van der Waals surface area contributed by atoms with Crippen LogP contribution in [0.1, 0.15) is 156 Å². The van der Waals surface area contributed by atoms with Crippen molar-refractivity contribution in [1.29, 1.82) is 0 Å². The predicted octanol–water partition coefficient (Wildman–Crippen LogP) is 9.63. The second-order valence-electron chi connectivity index (χ2n) is 16.7. The van der Waals surface area contributed by atoms with Crippen molar-refractivity contribution in [3.05, 3.63) is 41.5 Å². The van der Waals surface area contributed by atoms with Crippen molar-refractivity contribution in [3.8, 4) is 5.75 Å². The Labute approximate surface area is 325 Å². The number of nitrogens with one attached hydrogen (secondary N) is 2. The first-order valence-electron chi connectivity index (χ1n) is 20.5. The smallest absolute Gasteiger partial charge is 0.243 e. The molecule has 3 aliphatic carbocycles. The Kier molecular flexibility index (Phi) is 19.1. The summed E-state index contributed by atoms with van der Waals surface area (Å²) >= 11 is 1.38. The van der Waals surface area contributed by atoms with Crippen LogP contribution in [0.2, 0.25) is 0 Å². The van der Waals surface area contributed by atoms with E-state index in [-0.39, 0.29) is 40.2 Å². The van der Waals surface area contributed by atoms with E-state index in [4.69, 9.17) is 20.1 Å². The Balaban J connectivity index is 1.25. The predicted molar refractivity (Wildman–Crippen MR) is 220 cm³/mol. The molecule has 0 heterocycles. The van der Waals surface area contributed by atoms with Crippen LogP contribution in [0.5, 0.6) is 5.75 Å². The van der Waals surface area contributed by atoms with Gasteiger partial charge in [-0.15, -0.1) is 5.10 Å². The van der Waals surface area contributed by atoms with Crippen LogP contribution in [-0.2, 0) is 19.1 Å². The molecular formula is C43H72N4O5S. The Morgan fingerprint density at radius 2 is 1.51 bits per heavy atom. The molecule has 0 aliphatic heterocycles. The van der Waals surface area contributed by atoms with Gasteiger partial charge in [0.2, 0.25) is 17.7 Å². The molecule has 4 N–H and O–H groups in total. The molecule has 3 saturated carbocycles. The minimum atomic E-state index is -0.315. The molecule has 0 spiro atoms. The van der Waals surface area contributed by atoms with Crippen molar-refractivity contribution in [2.45, 2.75) is 162 Å². The highest BCUT2D eigenvalue weighted by atomic mass is 32.2. The molecule has 3 aliphatic rings. The molecular weight excluding hydrogens is 685 g/mol. The van der Waals surface area contributed by atoms with Crippen LogP contribution in [-0.4, -0.2) is 55.4 Å². The lowest BCUT2D eigenvalue weighted by atomic mass is 9.39. The lowest BCUT2D eigenvalue weighted by Gasteiger charge is -2.69. The maximum Gasteiger partial charge on any atom is 0.243 e. The van der Waals surface area contributed by atoms with E-state index in [2.05, 4.69) is 56.9 Å². The summed E-state index contributed by atoms with van der Waals surface area (Å²) in [4.78, 5) is 25.9. The van der Waals surface area contributed by atoms with Crippen molar-refractivity contribution in [2.75, 3.05) is 26.0 Å². The number of hydrogen-bond acceptors (Lipinski definition) is 8. The summed E-state index contributed by atoms with van der Waals surface area (Å²) < 4.78 is 18.1.